The van der Waals surface area contributed by atoms with Gasteiger partial charge in [-0.25, -0.2) is 9.18 Å². The van der Waals surface area contributed by atoms with Crippen LogP contribution in [0.5, 0.6) is 0 Å². The average molecular weight is 373 g/mol. The number of nitrogens with one attached hydrogen (secondary N) is 2. The fraction of sp³-hybridized carbons (Fsp3) is 0. The Balaban J connectivity index is 2.09. The molecular weight excluding hydrogens is 365 g/mol. The van der Waals surface area contributed by atoms with Gasteiger partial charge in [-0.3, -0.25) is 4.98 Å². The summed E-state index contributed by atoms with van der Waals surface area (Å²) in [7, 11) is 0. The highest BCUT2D eigenvalue weighted by Crippen LogP contribution is 2.36. The zero-order valence-corrected chi connectivity index (χ0v) is 12.7. The van der Waals surface area contributed by atoms with Crippen LogP contribution >= 0.6 is 27.5 Å². The smallest absolute Gasteiger partial charge is 0.408 e. The number of benzene rings is 2. The molecule has 1 heterocycles. The van der Waals surface area contributed by atoms with Crippen LogP contribution in [0, 0.1) is 5.82 Å². The highest BCUT2D eigenvalue weighted by Gasteiger charge is 2.12. The minimum atomic E-state index is -0.567. The lowest BCUT2D eigenvalue weighted by Crippen LogP contribution is -1.98. The number of oxazole rings is 1. The number of aromatic amines is 1. The van der Waals surface area contributed by atoms with Gasteiger partial charge in [0.25, 0.3) is 0 Å². The molecule has 4 N–H and O–H groups in total. The van der Waals surface area contributed by atoms with Crippen molar-refractivity contribution in [2.45, 2.75) is 0 Å². The van der Waals surface area contributed by atoms with Crippen LogP contribution in [0.15, 0.2) is 37.9 Å². The van der Waals surface area contributed by atoms with Gasteiger partial charge in [-0.2, -0.15) is 0 Å². The summed E-state index contributed by atoms with van der Waals surface area (Å²) in [6.07, 6.45) is 0. The van der Waals surface area contributed by atoms with Crippen LogP contribution < -0.4 is 16.8 Å². The molecule has 0 unspecified atom stereocenters. The molecule has 0 aliphatic heterocycles. The van der Waals surface area contributed by atoms with Crippen molar-refractivity contribution in [1.82, 2.24) is 4.98 Å². The van der Waals surface area contributed by atoms with E-state index in [1.807, 2.05) is 0 Å². The number of hydrogen-bond acceptors (Lipinski definition) is 4. The summed E-state index contributed by atoms with van der Waals surface area (Å²) in [5, 5.41) is 3.20. The van der Waals surface area contributed by atoms with Gasteiger partial charge in [0.15, 0.2) is 5.58 Å². The third-order valence-electron chi connectivity index (χ3n) is 2.86. The molecule has 5 nitrogen and oxygen atoms in total. The lowest BCUT2D eigenvalue weighted by Gasteiger charge is -2.12. The summed E-state index contributed by atoms with van der Waals surface area (Å²) in [6, 6.07) is 5.59. The van der Waals surface area contributed by atoms with Gasteiger partial charge in [0, 0.05) is 10.5 Å². The summed E-state index contributed by atoms with van der Waals surface area (Å²) in [5.41, 5.74) is 8.08. The van der Waals surface area contributed by atoms with Gasteiger partial charge in [0.1, 0.15) is 5.82 Å². The molecule has 0 radical (unpaired) electrons. The zero-order chi connectivity index (χ0) is 15.1. The highest BCUT2D eigenvalue weighted by molar-refractivity contribution is 9.10. The normalized spacial score (nSPS) is 11.0. The van der Waals surface area contributed by atoms with Crippen molar-refractivity contribution in [3.05, 3.63) is 50.1 Å². The van der Waals surface area contributed by atoms with Crippen molar-refractivity contribution in [1.29, 1.82) is 0 Å². The van der Waals surface area contributed by atoms with Crippen molar-refractivity contribution in [2.75, 3.05) is 11.1 Å². The van der Waals surface area contributed by atoms with E-state index in [0.717, 1.165) is 0 Å². The van der Waals surface area contributed by atoms with Crippen molar-refractivity contribution in [3.63, 3.8) is 0 Å². The molecule has 21 heavy (non-hydrogen) atoms. The lowest BCUT2D eigenvalue weighted by molar-refractivity contribution is 0.555. The molecule has 1 aromatic heterocycles. The molecule has 108 valence electrons. The summed E-state index contributed by atoms with van der Waals surface area (Å²) >= 11 is 9.24. The Kier molecular flexibility index (Phi) is 3.38. The maximum atomic E-state index is 13.2. The van der Waals surface area contributed by atoms with E-state index in [9.17, 15) is 9.18 Å². The molecule has 0 saturated carbocycles. The molecule has 3 aromatic rings. The molecule has 0 saturated heterocycles. The molecule has 8 heteroatoms. The lowest BCUT2D eigenvalue weighted by atomic mass is 10.2. The van der Waals surface area contributed by atoms with Gasteiger partial charge in [-0.15, -0.1) is 0 Å². The Bertz CT molecular complexity index is 883. The fourth-order valence-corrected chi connectivity index (χ4v) is 2.82. The van der Waals surface area contributed by atoms with E-state index >= 15 is 0 Å². The van der Waals surface area contributed by atoms with E-state index in [1.165, 1.54) is 18.2 Å². The molecule has 3 rings (SSSR count). The van der Waals surface area contributed by atoms with Gasteiger partial charge < -0.3 is 15.5 Å². The quantitative estimate of drug-likeness (QED) is 0.594. The van der Waals surface area contributed by atoms with E-state index in [1.54, 1.807) is 6.07 Å². The summed E-state index contributed by atoms with van der Waals surface area (Å²) in [4.78, 5) is 13.7. The predicted molar refractivity (Wildman–Crippen MR) is 83.6 cm³/mol. The average Bonchev–Trinajstić information content (AvgIpc) is 2.72. The first kappa shape index (κ1) is 14.0. The molecule has 0 aliphatic carbocycles. The second kappa shape index (κ2) is 5.09. The highest BCUT2D eigenvalue weighted by atomic mass is 79.9. The van der Waals surface area contributed by atoms with Gasteiger partial charge in [-0.1, -0.05) is 11.6 Å². The summed E-state index contributed by atoms with van der Waals surface area (Å²) in [5.74, 6) is -1.03. The van der Waals surface area contributed by atoms with Crippen molar-refractivity contribution < 1.29 is 8.81 Å². The van der Waals surface area contributed by atoms with Gasteiger partial charge in [0.05, 0.1) is 27.6 Å². The number of hydrogen-bond donors (Lipinski definition) is 3. The first-order valence-corrected chi connectivity index (χ1v) is 6.95. The number of rotatable bonds is 2. The maximum Gasteiger partial charge on any atom is 0.417 e. The SMILES string of the molecule is Nc1cc2oc(=O)[nH]c2cc1Nc1c(Cl)cc(F)cc1Br. The Morgan fingerprint density at radius 3 is 2.81 bits per heavy atom. The van der Waals surface area contributed by atoms with Crippen molar-refractivity contribution in [3.8, 4) is 0 Å². The number of fused-ring (bicyclic) bond motifs is 1. The number of nitrogen functional groups attached to an aromatic ring is 1. The molecule has 0 bridgehead atoms. The Morgan fingerprint density at radius 2 is 2.10 bits per heavy atom. The van der Waals surface area contributed by atoms with Crippen LogP contribution in [-0.2, 0) is 0 Å². The van der Waals surface area contributed by atoms with Crippen molar-refractivity contribution >= 4 is 55.7 Å². The minimum Gasteiger partial charge on any atom is -0.408 e. The van der Waals surface area contributed by atoms with Crippen LogP contribution in [0.25, 0.3) is 11.1 Å². The second-order valence-electron chi connectivity index (χ2n) is 4.32. The first-order chi connectivity index (χ1) is 9.94. The molecular formula is C13H8BrClFN3O2. The zero-order valence-electron chi connectivity index (χ0n) is 10.3. The maximum absolute atomic E-state index is 13.2. The van der Waals surface area contributed by atoms with Crippen LogP contribution in [0.4, 0.5) is 21.5 Å². The van der Waals surface area contributed by atoms with E-state index in [4.69, 9.17) is 21.8 Å². The van der Waals surface area contributed by atoms with Gasteiger partial charge in [-0.05, 0) is 34.1 Å². The molecule has 0 amide bonds. The van der Waals surface area contributed by atoms with Gasteiger partial charge in [0.2, 0.25) is 0 Å². The fourth-order valence-electron chi connectivity index (χ4n) is 1.92. The molecule has 0 aliphatic rings. The molecule has 0 spiro atoms. The third-order valence-corrected chi connectivity index (χ3v) is 3.78. The van der Waals surface area contributed by atoms with Crippen LogP contribution in [0.2, 0.25) is 5.02 Å². The second-order valence-corrected chi connectivity index (χ2v) is 5.58. The largest absolute Gasteiger partial charge is 0.417 e. The topological polar surface area (TPSA) is 84.0 Å². The van der Waals surface area contributed by atoms with Crippen LogP contribution in [0.1, 0.15) is 0 Å². The van der Waals surface area contributed by atoms with Crippen LogP contribution in [0.3, 0.4) is 0 Å². The van der Waals surface area contributed by atoms with E-state index in [0.29, 0.717) is 32.6 Å². The molecule has 0 atom stereocenters. The monoisotopic (exact) mass is 371 g/mol. The number of nitrogens with two attached hydrogens (primary N) is 1. The Morgan fingerprint density at radius 1 is 1.33 bits per heavy atom. The minimum absolute atomic E-state index is 0.196. The first-order valence-electron chi connectivity index (χ1n) is 5.78. The third kappa shape index (κ3) is 2.62. The predicted octanol–water partition coefficient (Wildman–Crippen LogP) is 4.00. The van der Waals surface area contributed by atoms with Crippen LogP contribution in [-0.4, -0.2) is 4.98 Å². The summed E-state index contributed by atoms with van der Waals surface area (Å²) in [6.45, 7) is 0. The molecule has 2 aromatic carbocycles. The van der Waals surface area contributed by atoms with E-state index < -0.39 is 11.6 Å². The van der Waals surface area contributed by atoms with E-state index in [-0.39, 0.29) is 5.02 Å². The summed E-state index contributed by atoms with van der Waals surface area (Å²) < 4.78 is 18.6. The van der Waals surface area contributed by atoms with E-state index in [2.05, 4.69) is 26.2 Å². The number of aromatic nitrogens is 1. The van der Waals surface area contributed by atoms with Crippen molar-refractivity contribution in [2.24, 2.45) is 0 Å². The number of halogens is 3. The Hall–Kier alpha value is -1.99. The van der Waals surface area contributed by atoms with Gasteiger partial charge >= 0.3 is 5.76 Å². The standard InChI is InChI=1S/C13H8BrClFN3O2/c14-6-1-5(16)2-7(15)12(6)18-9-4-10-11(3-8(9)17)21-13(20)19-10/h1-4,18H,17H2,(H,19,20). The number of anilines is 3. The number of H-pyrrole nitrogens is 1. The molecule has 0 fully saturated rings. The Labute approximate surface area is 131 Å².